The van der Waals surface area contributed by atoms with Gasteiger partial charge in [0.25, 0.3) is 0 Å². The maximum Gasteiger partial charge on any atom is 0.392 e. The monoisotopic (exact) mass is 297 g/mol. The number of alkyl halides is 3. The summed E-state index contributed by atoms with van der Waals surface area (Å²) in [7, 11) is 0. The fourth-order valence-electron chi connectivity index (χ4n) is 1.61. The Bertz CT molecular complexity index is 776. The standard InChI is InChI=1S/C14H10F3NOS/c1-2-3-10-12(6-7-14(15,16)17)20-13-8-9(19)4-5-11(13)18-10/h2-6,8H,1,7H2/b10-3+,12-6+. The molecule has 104 valence electrons. The van der Waals surface area contributed by atoms with E-state index in [-0.39, 0.29) is 5.43 Å². The smallest absolute Gasteiger partial charge is 0.290 e. The molecule has 0 bridgehead atoms. The summed E-state index contributed by atoms with van der Waals surface area (Å²) in [6.45, 7) is 3.52. The van der Waals surface area contributed by atoms with Crippen molar-refractivity contribution in [1.29, 1.82) is 0 Å². The molecule has 0 fully saturated rings. The Morgan fingerprint density at radius 3 is 2.75 bits per heavy atom. The van der Waals surface area contributed by atoms with E-state index >= 15 is 0 Å². The van der Waals surface area contributed by atoms with E-state index in [0.29, 0.717) is 20.5 Å². The number of benzene rings is 1. The topological polar surface area (TPSA) is 30.0 Å². The van der Waals surface area contributed by atoms with Gasteiger partial charge in [-0.3, -0.25) is 4.79 Å². The molecule has 0 amide bonds. The fourth-order valence-corrected chi connectivity index (χ4v) is 2.63. The average molecular weight is 297 g/mol. The largest absolute Gasteiger partial charge is 0.392 e. The molecular formula is C14H10F3NOS. The number of halogens is 3. The molecule has 0 radical (unpaired) electrons. The summed E-state index contributed by atoms with van der Waals surface area (Å²) in [5, 5.41) is 0.417. The minimum Gasteiger partial charge on any atom is -0.290 e. The normalized spacial score (nSPS) is 13.9. The van der Waals surface area contributed by atoms with Crippen molar-refractivity contribution >= 4 is 23.5 Å². The highest BCUT2D eigenvalue weighted by atomic mass is 32.1. The Morgan fingerprint density at radius 1 is 1.35 bits per heavy atom. The van der Waals surface area contributed by atoms with Crippen molar-refractivity contribution in [2.75, 3.05) is 0 Å². The maximum atomic E-state index is 12.3. The molecule has 2 aliphatic rings. The molecule has 2 nitrogen and oxygen atoms in total. The van der Waals surface area contributed by atoms with Crippen LogP contribution in [0.1, 0.15) is 6.42 Å². The lowest BCUT2D eigenvalue weighted by molar-refractivity contribution is -0.122. The van der Waals surface area contributed by atoms with Crippen LogP contribution >= 0.6 is 11.3 Å². The number of hydrogen-bond acceptors (Lipinski definition) is 3. The first-order chi connectivity index (χ1) is 9.39. The summed E-state index contributed by atoms with van der Waals surface area (Å²) < 4.78 is 37.3. The van der Waals surface area contributed by atoms with Crippen molar-refractivity contribution in [3.05, 3.63) is 51.0 Å². The lowest BCUT2D eigenvalue weighted by atomic mass is 10.2. The van der Waals surface area contributed by atoms with E-state index in [1.165, 1.54) is 18.2 Å². The number of rotatable bonds is 2. The van der Waals surface area contributed by atoms with E-state index < -0.39 is 12.6 Å². The third-order valence-electron chi connectivity index (χ3n) is 2.44. The van der Waals surface area contributed by atoms with Gasteiger partial charge in [0, 0.05) is 10.6 Å². The second-order valence-corrected chi connectivity index (χ2v) is 5.10. The molecular weight excluding hydrogens is 287 g/mol. The molecule has 1 aliphatic carbocycles. The number of hydrogen-bond donors (Lipinski definition) is 0. The Morgan fingerprint density at radius 2 is 2.10 bits per heavy atom. The SMILES string of the molecule is C=C/C=c1/nc2ccc(=O)cc-2s/c1=C/CC(F)(F)F. The summed E-state index contributed by atoms with van der Waals surface area (Å²) in [6, 6.07) is 4.30. The van der Waals surface area contributed by atoms with Gasteiger partial charge in [-0.1, -0.05) is 18.7 Å². The molecule has 0 aromatic heterocycles. The average Bonchev–Trinajstić information content (AvgIpc) is 2.36. The zero-order chi connectivity index (χ0) is 14.8. The van der Waals surface area contributed by atoms with Crippen LogP contribution in [-0.4, -0.2) is 11.2 Å². The van der Waals surface area contributed by atoms with Crippen LogP contribution in [0.5, 0.6) is 0 Å². The van der Waals surface area contributed by atoms with E-state index in [4.69, 9.17) is 0 Å². The molecule has 0 saturated heterocycles. The Hall–Kier alpha value is -1.95. The third-order valence-corrected chi connectivity index (χ3v) is 3.58. The quantitative estimate of drug-likeness (QED) is 0.851. The van der Waals surface area contributed by atoms with Crippen molar-refractivity contribution in [1.82, 2.24) is 4.98 Å². The lowest BCUT2D eigenvalue weighted by Crippen LogP contribution is -2.27. The molecule has 0 unspecified atom stereocenters. The zero-order valence-corrected chi connectivity index (χ0v) is 11.1. The summed E-state index contributed by atoms with van der Waals surface area (Å²) in [4.78, 5) is 16.1. The Kier molecular flexibility index (Phi) is 4.04. The summed E-state index contributed by atoms with van der Waals surface area (Å²) in [5.41, 5.74) is 0.379. The predicted molar refractivity (Wildman–Crippen MR) is 74.1 cm³/mol. The van der Waals surface area contributed by atoms with Crippen LogP contribution < -0.4 is 15.3 Å². The highest BCUT2D eigenvalue weighted by Gasteiger charge is 2.25. The Balaban J connectivity index is 2.72. The van der Waals surface area contributed by atoms with Gasteiger partial charge in [-0.05, 0) is 18.2 Å². The molecule has 0 atom stereocenters. The molecule has 6 heteroatoms. The van der Waals surface area contributed by atoms with Crippen LogP contribution in [0.4, 0.5) is 13.2 Å². The molecule has 0 saturated carbocycles. The van der Waals surface area contributed by atoms with Crippen LogP contribution in [0.2, 0.25) is 0 Å². The van der Waals surface area contributed by atoms with Gasteiger partial charge in [-0.25, -0.2) is 4.98 Å². The van der Waals surface area contributed by atoms with Crippen LogP contribution in [-0.2, 0) is 0 Å². The first kappa shape index (κ1) is 14.5. The summed E-state index contributed by atoms with van der Waals surface area (Å²) in [6.07, 6.45) is -1.22. The van der Waals surface area contributed by atoms with Crippen molar-refractivity contribution in [3.63, 3.8) is 0 Å². The van der Waals surface area contributed by atoms with Gasteiger partial charge < -0.3 is 0 Å². The molecule has 0 spiro atoms. The Labute approximate surface area is 116 Å². The fraction of sp³-hybridized carbons (Fsp3) is 0.143. The van der Waals surface area contributed by atoms with E-state index in [1.54, 1.807) is 12.1 Å². The van der Waals surface area contributed by atoms with Gasteiger partial charge in [-0.15, -0.1) is 11.3 Å². The summed E-state index contributed by atoms with van der Waals surface area (Å²) >= 11 is 1.11. The number of aromatic nitrogens is 1. The van der Waals surface area contributed by atoms with Gasteiger partial charge in [0.15, 0.2) is 5.43 Å². The lowest BCUT2D eigenvalue weighted by Gasteiger charge is -2.04. The van der Waals surface area contributed by atoms with Gasteiger partial charge in [-0.2, -0.15) is 13.2 Å². The maximum absolute atomic E-state index is 12.3. The second kappa shape index (κ2) is 5.58. The number of allylic oxidation sites excluding steroid dienone is 1. The highest BCUT2D eigenvalue weighted by molar-refractivity contribution is 7.13. The molecule has 2 rings (SSSR count). The van der Waals surface area contributed by atoms with Gasteiger partial charge in [0.05, 0.1) is 22.3 Å². The van der Waals surface area contributed by atoms with Crippen molar-refractivity contribution < 1.29 is 13.2 Å². The predicted octanol–water partition coefficient (Wildman–Crippen LogP) is 2.31. The van der Waals surface area contributed by atoms with Crippen molar-refractivity contribution in [2.45, 2.75) is 12.6 Å². The van der Waals surface area contributed by atoms with Crippen molar-refractivity contribution in [3.8, 4) is 10.6 Å². The molecule has 1 heterocycles. The van der Waals surface area contributed by atoms with E-state index in [9.17, 15) is 18.0 Å². The number of fused-ring (bicyclic) bond motifs is 1. The third kappa shape index (κ3) is 3.54. The molecule has 1 aliphatic heterocycles. The highest BCUT2D eigenvalue weighted by Crippen LogP contribution is 2.20. The van der Waals surface area contributed by atoms with Gasteiger partial charge in [0.2, 0.25) is 0 Å². The van der Waals surface area contributed by atoms with Crippen LogP contribution in [0.15, 0.2) is 35.6 Å². The molecule has 20 heavy (non-hydrogen) atoms. The molecule has 0 N–H and O–H groups in total. The minimum absolute atomic E-state index is 0.197. The van der Waals surface area contributed by atoms with Crippen LogP contribution in [0.25, 0.3) is 22.7 Å². The zero-order valence-electron chi connectivity index (χ0n) is 10.3. The van der Waals surface area contributed by atoms with Crippen LogP contribution in [0, 0.1) is 0 Å². The first-order valence-corrected chi connectivity index (χ1v) is 6.51. The van der Waals surface area contributed by atoms with E-state index in [2.05, 4.69) is 11.6 Å². The molecule has 0 aromatic rings. The summed E-state index contributed by atoms with van der Waals surface area (Å²) in [5.74, 6) is 0. The first-order valence-electron chi connectivity index (χ1n) is 5.70. The van der Waals surface area contributed by atoms with Gasteiger partial charge in [0.1, 0.15) is 0 Å². The minimum atomic E-state index is -4.27. The second-order valence-electron chi connectivity index (χ2n) is 4.02. The van der Waals surface area contributed by atoms with Crippen molar-refractivity contribution in [2.24, 2.45) is 0 Å². The van der Waals surface area contributed by atoms with E-state index in [0.717, 1.165) is 17.4 Å². The van der Waals surface area contributed by atoms with Gasteiger partial charge >= 0.3 is 6.18 Å². The van der Waals surface area contributed by atoms with E-state index in [1.807, 2.05) is 0 Å². The molecule has 0 aromatic carbocycles. The van der Waals surface area contributed by atoms with Crippen LogP contribution in [0.3, 0.4) is 0 Å². The number of nitrogens with zero attached hydrogens (tertiary/aromatic N) is 1.